The van der Waals surface area contributed by atoms with Crippen LogP contribution in [0.1, 0.15) is 23.8 Å². The topological polar surface area (TPSA) is 34.4 Å². The minimum atomic E-state index is 0.716. The third-order valence-corrected chi connectivity index (χ3v) is 3.22. The lowest BCUT2D eigenvalue weighted by atomic mass is 10.1. The number of nitrogens with one attached hydrogen (secondary N) is 1. The molecule has 0 bridgehead atoms. The third-order valence-electron chi connectivity index (χ3n) is 3.22. The number of ether oxygens (including phenoxy) is 1. The van der Waals surface area contributed by atoms with E-state index in [9.17, 15) is 0 Å². The normalized spacial score (nSPS) is 13.8. The number of hydrogen-bond donors (Lipinski definition) is 1. The van der Waals surface area contributed by atoms with Crippen molar-refractivity contribution in [2.45, 2.75) is 26.7 Å². The van der Waals surface area contributed by atoms with Crippen molar-refractivity contribution in [3.63, 3.8) is 0 Å². The van der Waals surface area contributed by atoms with Crippen molar-refractivity contribution in [3.05, 3.63) is 47.2 Å². The van der Waals surface area contributed by atoms with Gasteiger partial charge in [-0.15, -0.1) is 0 Å². The van der Waals surface area contributed by atoms with Crippen molar-refractivity contribution in [3.8, 4) is 11.3 Å². The SMILES string of the molecule is CCNCc1ccc(-c2ccc3c(c2)COC3)o1. The Kier molecular flexibility index (Phi) is 3.17. The molecule has 0 saturated carbocycles. The zero-order valence-electron chi connectivity index (χ0n) is 10.5. The van der Waals surface area contributed by atoms with Crippen LogP contribution in [0.25, 0.3) is 11.3 Å². The van der Waals surface area contributed by atoms with Gasteiger partial charge in [0.05, 0.1) is 19.8 Å². The smallest absolute Gasteiger partial charge is 0.134 e. The molecule has 0 radical (unpaired) electrons. The lowest BCUT2D eigenvalue weighted by Crippen LogP contribution is -2.10. The fourth-order valence-corrected chi connectivity index (χ4v) is 2.20. The standard InChI is InChI=1S/C15H17NO2/c1-2-16-8-14-5-6-15(18-14)11-3-4-12-9-17-10-13(12)7-11/h3-7,16H,2,8-10H2,1H3. The first-order valence-corrected chi connectivity index (χ1v) is 6.36. The number of furan rings is 1. The van der Waals surface area contributed by atoms with Crippen LogP contribution in [0.5, 0.6) is 0 Å². The first-order valence-electron chi connectivity index (χ1n) is 6.36. The van der Waals surface area contributed by atoms with Crippen LogP contribution >= 0.6 is 0 Å². The fraction of sp³-hybridized carbons (Fsp3) is 0.333. The maximum absolute atomic E-state index is 5.83. The van der Waals surface area contributed by atoms with Gasteiger partial charge in [-0.25, -0.2) is 0 Å². The van der Waals surface area contributed by atoms with Crippen LogP contribution in [0, 0.1) is 0 Å². The molecular formula is C15H17NO2. The highest BCUT2D eigenvalue weighted by molar-refractivity contribution is 5.60. The molecule has 1 aromatic carbocycles. The van der Waals surface area contributed by atoms with Gasteiger partial charge in [0, 0.05) is 5.56 Å². The summed E-state index contributed by atoms with van der Waals surface area (Å²) in [5.74, 6) is 1.90. The Labute approximate surface area is 107 Å². The van der Waals surface area contributed by atoms with Gasteiger partial charge >= 0.3 is 0 Å². The Morgan fingerprint density at radius 2 is 2.00 bits per heavy atom. The van der Waals surface area contributed by atoms with E-state index < -0.39 is 0 Å². The minimum absolute atomic E-state index is 0.716. The molecule has 0 unspecified atom stereocenters. The van der Waals surface area contributed by atoms with Gasteiger partial charge in [0.2, 0.25) is 0 Å². The van der Waals surface area contributed by atoms with E-state index in [4.69, 9.17) is 9.15 Å². The zero-order chi connectivity index (χ0) is 12.4. The van der Waals surface area contributed by atoms with Gasteiger partial charge in [0.15, 0.2) is 0 Å². The number of benzene rings is 1. The molecule has 1 aliphatic heterocycles. The molecule has 1 N–H and O–H groups in total. The molecular weight excluding hydrogens is 226 g/mol. The summed E-state index contributed by atoms with van der Waals surface area (Å²) >= 11 is 0. The molecule has 0 aliphatic carbocycles. The fourth-order valence-electron chi connectivity index (χ4n) is 2.20. The van der Waals surface area contributed by atoms with Crippen LogP contribution in [-0.2, 0) is 24.5 Å². The summed E-state index contributed by atoms with van der Waals surface area (Å²) in [7, 11) is 0. The predicted octanol–water partition coefficient (Wildman–Crippen LogP) is 3.09. The Morgan fingerprint density at radius 3 is 2.89 bits per heavy atom. The van der Waals surface area contributed by atoms with Crippen molar-refractivity contribution in [1.82, 2.24) is 5.32 Å². The zero-order valence-corrected chi connectivity index (χ0v) is 10.5. The number of fused-ring (bicyclic) bond motifs is 1. The lowest BCUT2D eigenvalue weighted by Gasteiger charge is -2.01. The molecule has 1 aliphatic rings. The second kappa shape index (κ2) is 4.96. The van der Waals surface area contributed by atoms with Gasteiger partial charge in [-0.3, -0.25) is 0 Å². The molecule has 0 fully saturated rings. The average molecular weight is 243 g/mol. The molecule has 3 heteroatoms. The molecule has 0 spiro atoms. The summed E-state index contributed by atoms with van der Waals surface area (Å²) in [6.07, 6.45) is 0. The highest BCUT2D eigenvalue weighted by Crippen LogP contribution is 2.28. The molecule has 0 amide bonds. The van der Waals surface area contributed by atoms with E-state index in [1.807, 2.05) is 12.1 Å². The Bertz CT molecular complexity index is 545. The lowest BCUT2D eigenvalue weighted by molar-refractivity contribution is 0.134. The van der Waals surface area contributed by atoms with Crippen LogP contribution in [0.2, 0.25) is 0 Å². The summed E-state index contributed by atoms with van der Waals surface area (Å²) in [6.45, 7) is 5.27. The number of rotatable bonds is 4. The maximum atomic E-state index is 5.83. The first kappa shape index (κ1) is 11.5. The summed E-state index contributed by atoms with van der Waals surface area (Å²) in [4.78, 5) is 0. The Morgan fingerprint density at radius 1 is 1.11 bits per heavy atom. The van der Waals surface area contributed by atoms with Crippen molar-refractivity contribution < 1.29 is 9.15 Å². The Hall–Kier alpha value is -1.58. The van der Waals surface area contributed by atoms with Gasteiger partial charge in [0.1, 0.15) is 11.5 Å². The molecule has 18 heavy (non-hydrogen) atoms. The number of hydrogen-bond acceptors (Lipinski definition) is 3. The summed E-state index contributed by atoms with van der Waals surface area (Å²) in [5, 5.41) is 3.26. The average Bonchev–Trinajstić information content (AvgIpc) is 3.04. The monoisotopic (exact) mass is 243 g/mol. The van der Waals surface area contributed by atoms with E-state index in [2.05, 4.69) is 30.4 Å². The summed E-state index contributed by atoms with van der Waals surface area (Å²) in [5.41, 5.74) is 3.69. The summed E-state index contributed by atoms with van der Waals surface area (Å²) in [6, 6.07) is 10.5. The van der Waals surface area contributed by atoms with Gasteiger partial charge in [-0.2, -0.15) is 0 Å². The largest absolute Gasteiger partial charge is 0.460 e. The van der Waals surface area contributed by atoms with Crippen LogP contribution in [0.3, 0.4) is 0 Å². The second-order valence-corrected chi connectivity index (χ2v) is 4.52. The second-order valence-electron chi connectivity index (χ2n) is 4.52. The van der Waals surface area contributed by atoms with Gasteiger partial charge in [0.25, 0.3) is 0 Å². The van der Waals surface area contributed by atoms with Crippen LogP contribution < -0.4 is 5.32 Å². The van der Waals surface area contributed by atoms with Crippen molar-refractivity contribution in [2.24, 2.45) is 0 Å². The van der Waals surface area contributed by atoms with E-state index in [0.29, 0.717) is 6.61 Å². The van der Waals surface area contributed by atoms with Crippen molar-refractivity contribution in [1.29, 1.82) is 0 Å². The van der Waals surface area contributed by atoms with E-state index in [1.165, 1.54) is 11.1 Å². The highest BCUT2D eigenvalue weighted by Gasteiger charge is 2.13. The minimum Gasteiger partial charge on any atom is -0.460 e. The maximum Gasteiger partial charge on any atom is 0.134 e. The van der Waals surface area contributed by atoms with Crippen LogP contribution in [0.4, 0.5) is 0 Å². The van der Waals surface area contributed by atoms with Gasteiger partial charge in [-0.05, 0) is 35.9 Å². The van der Waals surface area contributed by atoms with E-state index >= 15 is 0 Å². The van der Waals surface area contributed by atoms with E-state index in [1.54, 1.807) is 0 Å². The van der Waals surface area contributed by atoms with E-state index in [0.717, 1.165) is 36.8 Å². The molecule has 1 aromatic heterocycles. The van der Waals surface area contributed by atoms with E-state index in [-0.39, 0.29) is 0 Å². The quantitative estimate of drug-likeness (QED) is 0.896. The van der Waals surface area contributed by atoms with Gasteiger partial charge < -0.3 is 14.5 Å². The first-order chi connectivity index (χ1) is 8.86. The third kappa shape index (κ3) is 2.19. The summed E-state index contributed by atoms with van der Waals surface area (Å²) < 4.78 is 11.3. The molecule has 3 nitrogen and oxygen atoms in total. The van der Waals surface area contributed by atoms with Gasteiger partial charge in [-0.1, -0.05) is 19.1 Å². The van der Waals surface area contributed by atoms with Crippen molar-refractivity contribution in [2.75, 3.05) is 6.54 Å². The Balaban J connectivity index is 1.83. The molecule has 2 aromatic rings. The van der Waals surface area contributed by atoms with Crippen LogP contribution in [0.15, 0.2) is 34.7 Å². The molecule has 0 saturated heterocycles. The molecule has 3 rings (SSSR count). The predicted molar refractivity (Wildman–Crippen MR) is 70.0 cm³/mol. The molecule has 2 heterocycles. The highest BCUT2D eigenvalue weighted by atomic mass is 16.5. The molecule has 94 valence electrons. The van der Waals surface area contributed by atoms with Crippen LogP contribution in [-0.4, -0.2) is 6.54 Å². The van der Waals surface area contributed by atoms with Crippen molar-refractivity contribution >= 4 is 0 Å². The molecule has 0 atom stereocenters.